The first-order valence-electron chi connectivity index (χ1n) is 9.65. The van der Waals surface area contributed by atoms with Crippen molar-refractivity contribution in [3.63, 3.8) is 0 Å². The molecule has 10 nitrogen and oxygen atoms in total. The number of hydrogen-bond donors (Lipinski definition) is 0. The molecule has 1 aromatic carbocycles. The number of aryl methyl sites for hydroxylation is 1. The summed E-state index contributed by atoms with van der Waals surface area (Å²) in [6.45, 7) is 2.41. The van der Waals surface area contributed by atoms with Crippen molar-refractivity contribution in [3.8, 4) is 5.69 Å². The predicted molar refractivity (Wildman–Crippen MR) is 110 cm³/mol. The van der Waals surface area contributed by atoms with Gasteiger partial charge in [0.05, 0.1) is 28.1 Å². The van der Waals surface area contributed by atoms with Crippen LogP contribution in [0.3, 0.4) is 0 Å². The minimum Gasteiger partial charge on any atom is -0.335 e. The molecular formula is C18H23N5O5S2. The van der Waals surface area contributed by atoms with E-state index in [-0.39, 0.29) is 55.7 Å². The van der Waals surface area contributed by atoms with Crippen LogP contribution >= 0.6 is 0 Å². The van der Waals surface area contributed by atoms with Crippen LogP contribution in [-0.4, -0.2) is 89.9 Å². The SMILES string of the molecule is Cc1nn(-c2ccccc2)nc1C(=O)N1CCN(S(=O)(=O)[C@H]2CCS(=O)(=O)C2)CC1. The Morgan fingerprint density at radius 2 is 1.73 bits per heavy atom. The molecule has 3 heterocycles. The second kappa shape index (κ2) is 7.75. The van der Waals surface area contributed by atoms with E-state index in [0.717, 1.165) is 5.69 Å². The highest BCUT2D eigenvalue weighted by molar-refractivity contribution is 7.95. The molecule has 0 aliphatic carbocycles. The zero-order valence-corrected chi connectivity index (χ0v) is 18.1. The molecule has 1 amide bonds. The lowest BCUT2D eigenvalue weighted by molar-refractivity contribution is 0.0690. The summed E-state index contributed by atoms with van der Waals surface area (Å²) in [5, 5.41) is 7.74. The zero-order chi connectivity index (χ0) is 21.5. The summed E-state index contributed by atoms with van der Waals surface area (Å²) in [6.07, 6.45) is 0.131. The fourth-order valence-electron chi connectivity index (χ4n) is 3.76. The number of benzene rings is 1. The molecule has 1 aromatic heterocycles. The average molecular weight is 454 g/mol. The van der Waals surface area contributed by atoms with Gasteiger partial charge in [-0.3, -0.25) is 4.79 Å². The Hall–Kier alpha value is -2.31. The second-order valence-electron chi connectivity index (χ2n) is 7.52. The third-order valence-electron chi connectivity index (χ3n) is 5.47. The van der Waals surface area contributed by atoms with Crippen LogP contribution in [0.15, 0.2) is 30.3 Å². The summed E-state index contributed by atoms with van der Waals surface area (Å²) in [4.78, 5) is 15.9. The summed E-state index contributed by atoms with van der Waals surface area (Å²) < 4.78 is 50.1. The van der Waals surface area contributed by atoms with E-state index in [9.17, 15) is 21.6 Å². The number of para-hydroxylation sites is 1. The Labute approximate surface area is 175 Å². The van der Waals surface area contributed by atoms with Crippen LogP contribution < -0.4 is 0 Å². The van der Waals surface area contributed by atoms with E-state index in [4.69, 9.17) is 0 Å². The third kappa shape index (κ3) is 3.98. The van der Waals surface area contributed by atoms with Crippen LogP contribution in [0, 0.1) is 6.92 Å². The number of nitrogens with zero attached hydrogens (tertiary/aromatic N) is 5. The van der Waals surface area contributed by atoms with Crippen molar-refractivity contribution in [3.05, 3.63) is 41.7 Å². The number of amides is 1. The highest BCUT2D eigenvalue weighted by atomic mass is 32.2. The monoisotopic (exact) mass is 453 g/mol. The van der Waals surface area contributed by atoms with Gasteiger partial charge in [-0.1, -0.05) is 18.2 Å². The standard InChI is InChI=1S/C18H23N5O5S2/c1-14-17(20-23(19-14)15-5-3-2-4-6-15)18(24)21-8-10-22(11-9-21)30(27,28)16-7-12-29(25,26)13-16/h2-6,16H,7-13H2,1H3/t16-/m0/s1. The molecule has 0 saturated carbocycles. The van der Waals surface area contributed by atoms with E-state index in [1.807, 2.05) is 30.3 Å². The maximum absolute atomic E-state index is 12.9. The first-order chi connectivity index (χ1) is 14.2. The minimum atomic E-state index is -3.70. The summed E-state index contributed by atoms with van der Waals surface area (Å²) >= 11 is 0. The Morgan fingerprint density at radius 1 is 1.07 bits per heavy atom. The Morgan fingerprint density at radius 3 is 2.33 bits per heavy atom. The van der Waals surface area contributed by atoms with E-state index in [2.05, 4.69) is 10.2 Å². The Kier molecular flexibility index (Phi) is 5.41. The van der Waals surface area contributed by atoms with Crippen molar-refractivity contribution in [1.82, 2.24) is 24.2 Å². The molecular weight excluding hydrogens is 430 g/mol. The van der Waals surface area contributed by atoms with E-state index in [0.29, 0.717) is 5.69 Å². The first kappa shape index (κ1) is 20.9. The lowest BCUT2D eigenvalue weighted by Crippen LogP contribution is -2.52. The first-order valence-corrected chi connectivity index (χ1v) is 13.0. The fourth-order valence-corrected chi connectivity index (χ4v) is 8.27. The van der Waals surface area contributed by atoms with Gasteiger partial charge in [-0.05, 0) is 25.5 Å². The Bertz CT molecular complexity index is 1150. The molecule has 30 heavy (non-hydrogen) atoms. The zero-order valence-electron chi connectivity index (χ0n) is 16.5. The summed E-state index contributed by atoms with van der Waals surface area (Å²) in [5.41, 5.74) is 1.47. The smallest absolute Gasteiger partial charge is 0.276 e. The number of sulfone groups is 1. The molecule has 2 aliphatic rings. The third-order valence-corrected chi connectivity index (χ3v) is 9.78. The Balaban J connectivity index is 1.43. The maximum atomic E-state index is 12.9. The van der Waals surface area contributed by atoms with Crippen LogP contribution in [0.25, 0.3) is 5.69 Å². The molecule has 0 bridgehead atoms. The van der Waals surface area contributed by atoms with Crippen LogP contribution in [0.5, 0.6) is 0 Å². The van der Waals surface area contributed by atoms with Crippen molar-refractivity contribution < 1.29 is 21.6 Å². The number of carbonyl (C=O) groups excluding carboxylic acids is 1. The van der Waals surface area contributed by atoms with Crippen LogP contribution in [0.4, 0.5) is 0 Å². The molecule has 12 heteroatoms. The molecule has 2 saturated heterocycles. The van der Waals surface area contributed by atoms with Crippen LogP contribution in [0.1, 0.15) is 22.6 Å². The molecule has 0 radical (unpaired) electrons. The molecule has 0 unspecified atom stereocenters. The van der Waals surface area contributed by atoms with Gasteiger partial charge in [0.25, 0.3) is 5.91 Å². The predicted octanol–water partition coefficient (Wildman–Crippen LogP) is -0.150. The van der Waals surface area contributed by atoms with Crippen molar-refractivity contribution in [1.29, 1.82) is 0 Å². The topological polar surface area (TPSA) is 123 Å². The molecule has 0 spiro atoms. The highest BCUT2D eigenvalue weighted by Gasteiger charge is 2.41. The second-order valence-corrected chi connectivity index (χ2v) is 12.0. The molecule has 1 atom stereocenters. The van der Waals surface area contributed by atoms with Gasteiger partial charge in [-0.2, -0.15) is 14.2 Å². The summed E-state index contributed by atoms with van der Waals surface area (Å²) in [7, 11) is -6.99. The van der Waals surface area contributed by atoms with E-state index < -0.39 is 25.1 Å². The lowest BCUT2D eigenvalue weighted by Gasteiger charge is -2.34. The number of carbonyl (C=O) groups is 1. The van der Waals surface area contributed by atoms with Gasteiger partial charge in [0.15, 0.2) is 15.5 Å². The molecule has 4 rings (SSSR count). The number of sulfonamides is 1. The number of piperazine rings is 1. The normalized spacial score (nSPS) is 22.3. The van der Waals surface area contributed by atoms with Crippen LogP contribution in [0.2, 0.25) is 0 Å². The van der Waals surface area contributed by atoms with Gasteiger partial charge >= 0.3 is 0 Å². The minimum absolute atomic E-state index is 0.0916. The quantitative estimate of drug-likeness (QED) is 0.631. The van der Waals surface area contributed by atoms with E-state index in [1.54, 1.807) is 11.8 Å². The van der Waals surface area contributed by atoms with E-state index >= 15 is 0 Å². The number of rotatable bonds is 4. The van der Waals surface area contributed by atoms with Gasteiger partial charge in [0.2, 0.25) is 10.0 Å². The molecule has 2 aliphatic heterocycles. The number of hydrogen-bond acceptors (Lipinski definition) is 7. The van der Waals surface area contributed by atoms with Gasteiger partial charge < -0.3 is 4.90 Å². The van der Waals surface area contributed by atoms with Gasteiger partial charge in [0.1, 0.15) is 0 Å². The number of aromatic nitrogens is 3. The van der Waals surface area contributed by atoms with Crippen molar-refractivity contribution >= 4 is 25.8 Å². The van der Waals surface area contributed by atoms with Crippen molar-refractivity contribution in [2.24, 2.45) is 0 Å². The van der Waals surface area contributed by atoms with E-state index in [1.165, 1.54) is 9.10 Å². The highest BCUT2D eigenvalue weighted by Crippen LogP contribution is 2.23. The van der Waals surface area contributed by atoms with Gasteiger partial charge in [0, 0.05) is 26.2 Å². The van der Waals surface area contributed by atoms with Gasteiger partial charge in [-0.25, -0.2) is 16.8 Å². The average Bonchev–Trinajstić information content (AvgIpc) is 3.30. The fraction of sp³-hybridized carbons (Fsp3) is 0.500. The summed E-state index contributed by atoms with van der Waals surface area (Å²) in [5.74, 6) is -0.711. The molecule has 2 fully saturated rings. The maximum Gasteiger partial charge on any atom is 0.276 e. The molecule has 2 aromatic rings. The van der Waals surface area contributed by atoms with Crippen LogP contribution in [-0.2, 0) is 19.9 Å². The van der Waals surface area contributed by atoms with Crippen molar-refractivity contribution in [2.75, 3.05) is 37.7 Å². The molecule has 162 valence electrons. The van der Waals surface area contributed by atoms with Gasteiger partial charge in [-0.15, -0.1) is 5.10 Å². The summed E-state index contributed by atoms with van der Waals surface area (Å²) in [6, 6.07) is 9.25. The van der Waals surface area contributed by atoms with Crippen molar-refractivity contribution in [2.45, 2.75) is 18.6 Å². The lowest BCUT2D eigenvalue weighted by atomic mass is 10.2. The molecule has 0 N–H and O–H groups in total. The largest absolute Gasteiger partial charge is 0.335 e.